The third kappa shape index (κ3) is 7.66. The summed E-state index contributed by atoms with van der Waals surface area (Å²) in [5, 5.41) is 11.4. The van der Waals surface area contributed by atoms with E-state index in [1.165, 1.54) is 6.08 Å². The van der Waals surface area contributed by atoms with Crippen molar-refractivity contribution in [2.75, 3.05) is 38.5 Å². The van der Waals surface area contributed by atoms with Gasteiger partial charge in [-0.25, -0.2) is 8.42 Å². The number of nitrogens with zero attached hydrogens (tertiary/aromatic N) is 3. The highest BCUT2D eigenvalue weighted by Crippen LogP contribution is 2.30. The lowest BCUT2D eigenvalue weighted by Crippen LogP contribution is -2.13. The van der Waals surface area contributed by atoms with Crippen molar-refractivity contribution >= 4 is 38.5 Å². The van der Waals surface area contributed by atoms with Crippen LogP contribution in [0.2, 0.25) is 0 Å². The van der Waals surface area contributed by atoms with E-state index in [1.807, 2.05) is 25.1 Å². The maximum Gasteiger partial charge on any atom is 0.268 e. The van der Waals surface area contributed by atoms with Crippen LogP contribution in [0.3, 0.4) is 0 Å². The predicted octanol–water partition coefficient (Wildman–Crippen LogP) is 3.35. The molecule has 0 unspecified atom stereocenters. The number of rotatable bonds is 12. The lowest BCUT2D eigenvalue weighted by Gasteiger charge is -2.14. The van der Waals surface area contributed by atoms with Gasteiger partial charge in [-0.3, -0.25) is 10.1 Å². The molecular formula is C24H24N4O7S2. The van der Waals surface area contributed by atoms with E-state index in [1.54, 1.807) is 37.4 Å². The summed E-state index contributed by atoms with van der Waals surface area (Å²) in [4.78, 5) is 16.3. The number of nitriles is 1. The zero-order chi connectivity index (χ0) is 26.8. The minimum absolute atomic E-state index is 0.0410. The van der Waals surface area contributed by atoms with Crippen LogP contribution in [0, 0.1) is 11.3 Å². The maximum atomic E-state index is 12.5. The average molecular weight is 545 g/mol. The second-order valence-corrected chi connectivity index (χ2v) is 9.93. The largest absolute Gasteiger partial charge is 0.493 e. The van der Waals surface area contributed by atoms with E-state index in [0.29, 0.717) is 46.7 Å². The summed E-state index contributed by atoms with van der Waals surface area (Å²) in [5.41, 5.74) is 0.291. The van der Waals surface area contributed by atoms with Crippen LogP contribution in [0.25, 0.3) is 6.08 Å². The maximum absolute atomic E-state index is 12.5. The molecule has 2 aromatic carbocycles. The molecule has 0 saturated carbocycles. The number of methoxy groups -OCH3 is 1. The fraction of sp³-hybridized carbons (Fsp3) is 0.250. The third-order valence-electron chi connectivity index (χ3n) is 4.57. The number of nitrogens with one attached hydrogen (secondary N) is 1. The van der Waals surface area contributed by atoms with Crippen molar-refractivity contribution in [2.45, 2.75) is 12.1 Å². The summed E-state index contributed by atoms with van der Waals surface area (Å²) in [5.74, 6) is 1.35. The average Bonchev–Trinajstić information content (AvgIpc) is 3.35. The monoisotopic (exact) mass is 544 g/mol. The Morgan fingerprint density at radius 2 is 1.76 bits per heavy atom. The van der Waals surface area contributed by atoms with Crippen LogP contribution in [-0.4, -0.2) is 56.9 Å². The Hall–Kier alpha value is -4.15. The summed E-state index contributed by atoms with van der Waals surface area (Å²) in [6, 6.07) is 14.1. The van der Waals surface area contributed by atoms with Gasteiger partial charge in [-0.1, -0.05) is 18.2 Å². The summed E-state index contributed by atoms with van der Waals surface area (Å²) < 4.78 is 49.2. The minimum Gasteiger partial charge on any atom is -0.493 e. The highest BCUT2D eigenvalue weighted by atomic mass is 32.2. The van der Waals surface area contributed by atoms with Crippen LogP contribution in [0.5, 0.6) is 23.0 Å². The third-order valence-corrected chi connectivity index (χ3v) is 6.16. The van der Waals surface area contributed by atoms with E-state index in [2.05, 4.69) is 14.7 Å². The zero-order valence-corrected chi connectivity index (χ0v) is 21.9. The number of hydrogen-bond acceptors (Lipinski definition) is 11. The number of para-hydroxylation sites is 2. The van der Waals surface area contributed by atoms with Gasteiger partial charge >= 0.3 is 0 Å². The highest BCUT2D eigenvalue weighted by molar-refractivity contribution is 7.90. The molecule has 3 aromatic rings. The van der Waals surface area contributed by atoms with Gasteiger partial charge in [0.2, 0.25) is 15.0 Å². The van der Waals surface area contributed by atoms with Gasteiger partial charge in [0.15, 0.2) is 23.0 Å². The lowest BCUT2D eigenvalue weighted by molar-refractivity contribution is -0.112. The number of carbonyl (C=O) groups excluding carboxylic acids is 1. The van der Waals surface area contributed by atoms with E-state index in [9.17, 15) is 18.5 Å². The first-order valence-corrected chi connectivity index (χ1v) is 13.5. The zero-order valence-electron chi connectivity index (χ0n) is 20.3. The molecule has 11 nitrogen and oxygen atoms in total. The SMILES string of the molecule is CCOc1cc(C=C(C#N)C(=O)Nc2nc(S(C)(=O)=O)ns2)ccc1OCCOc1ccccc1OC. The number of sulfone groups is 1. The highest BCUT2D eigenvalue weighted by Gasteiger charge is 2.18. The summed E-state index contributed by atoms with van der Waals surface area (Å²) >= 11 is 0.697. The van der Waals surface area contributed by atoms with Gasteiger partial charge in [-0.05, 0) is 42.8 Å². The van der Waals surface area contributed by atoms with E-state index in [4.69, 9.17) is 18.9 Å². The molecule has 0 aliphatic heterocycles. The van der Waals surface area contributed by atoms with Gasteiger partial charge in [0.1, 0.15) is 24.9 Å². The van der Waals surface area contributed by atoms with Gasteiger partial charge < -0.3 is 18.9 Å². The molecule has 13 heteroatoms. The molecule has 1 N–H and O–H groups in total. The number of anilines is 1. The molecule has 0 atom stereocenters. The summed E-state index contributed by atoms with van der Waals surface area (Å²) in [6.07, 6.45) is 2.32. The normalized spacial score (nSPS) is 11.4. The van der Waals surface area contributed by atoms with Crippen LogP contribution in [-0.2, 0) is 14.6 Å². The van der Waals surface area contributed by atoms with Crippen LogP contribution in [0.15, 0.2) is 53.2 Å². The van der Waals surface area contributed by atoms with Gasteiger partial charge in [0.25, 0.3) is 11.1 Å². The van der Waals surface area contributed by atoms with Crippen molar-refractivity contribution in [3.05, 3.63) is 53.6 Å². The van der Waals surface area contributed by atoms with Crippen molar-refractivity contribution in [1.29, 1.82) is 5.26 Å². The molecule has 0 aliphatic rings. The molecule has 1 amide bonds. The smallest absolute Gasteiger partial charge is 0.268 e. The molecule has 0 spiro atoms. The molecule has 0 aliphatic carbocycles. The predicted molar refractivity (Wildman–Crippen MR) is 137 cm³/mol. The molecule has 1 aromatic heterocycles. The Balaban J connectivity index is 1.68. The molecule has 0 saturated heterocycles. The molecule has 0 radical (unpaired) electrons. The first-order chi connectivity index (χ1) is 17.7. The van der Waals surface area contributed by atoms with Gasteiger partial charge in [0, 0.05) is 17.8 Å². The fourth-order valence-electron chi connectivity index (χ4n) is 2.93. The molecule has 194 valence electrons. The number of benzene rings is 2. The van der Waals surface area contributed by atoms with Crippen LogP contribution in [0.4, 0.5) is 5.13 Å². The number of amides is 1. The first kappa shape index (κ1) is 27.4. The number of carbonyl (C=O) groups is 1. The molecule has 37 heavy (non-hydrogen) atoms. The molecule has 0 fully saturated rings. The fourth-order valence-corrected chi connectivity index (χ4v) is 4.37. The Labute approximate surface area is 218 Å². The molecule has 3 rings (SSSR count). The number of ether oxygens (including phenoxy) is 4. The van der Waals surface area contributed by atoms with Crippen molar-refractivity contribution in [3.8, 4) is 29.1 Å². The van der Waals surface area contributed by atoms with Crippen molar-refractivity contribution < 1.29 is 32.2 Å². The van der Waals surface area contributed by atoms with Crippen LogP contribution < -0.4 is 24.3 Å². The Kier molecular flexibility index (Phi) is 9.42. The second-order valence-electron chi connectivity index (χ2n) is 7.27. The first-order valence-electron chi connectivity index (χ1n) is 10.9. The minimum atomic E-state index is -3.61. The molecular weight excluding hydrogens is 520 g/mol. The van der Waals surface area contributed by atoms with Gasteiger partial charge in [-0.2, -0.15) is 14.6 Å². The van der Waals surface area contributed by atoms with Gasteiger partial charge in [0.05, 0.1) is 13.7 Å². The van der Waals surface area contributed by atoms with E-state index >= 15 is 0 Å². The van der Waals surface area contributed by atoms with Gasteiger partial charge in [-0.15, -0.1) is 0 Å². The van der Waals surface area contributed by atoms with Crippen LogP contribution >= 0.6 is 11.5 Å². The quantitative estimate of drug-likeness (QED) is 0.204. The number of aromatic nitrogens is 2. The molecule has 0 bridgehead atoms. The second kappa shape index (κ2) is 12.7. The topological polar surface area (TPSA) is 150 Å². The lowest BCUT2D eigenvalue weighted by atomic mass is 10.1. The van der Waals surface area contributed by atoms with E-state index in [-0.39, 0.29) is 23.9 Å². The van der Waals surface area contributed by atoms with Crippen molar-refractivity contribution in [3.63, 3.8) is 0 Å². The van der Waals surface area contributed by atoms with Crippen molar-refractivity contribution in [1.82, 2.24) is 9.36 Å². The Morgan fingerprint density at radius 3 is 2.35 bits per heavy atom. The molecule has 1 heterocycles. The van der Waals surface area contributed by atoms with Crippen LogP contribution in [0.1, 0.15) is 12.5 Å². The van der Waals surface area contributed by atoms with E-state index in [0.717, 1.165) is 6.26 Å². The summed E-state index contributed by atoms with van der Waals surface area (Å²) in [7, 11) is -2.05. The van der Waals surface area contributed by atoms with Crippen molar-refractivity contribution in [2.24, 2.45) is 0 Å². The van der Waals surface area contributed by atoms with E-state index < -0.39 is 20.9 Å². The standard InChI is InChI=1S/C24H24N4O7S2/c1-4-33-21-14-16(9-10-20(21)35-12-11-34-19-8-6-5-7-18(19)32-2)13-17(15-25)22(29)26-23-27-24(28-36-23)37(3,30)31/h5-10,13-14H,4,11-12H2,1-3H3,(H,26,27,28,29). The number of hydrogen-bond donors (Lipinski definition) is 1. The summed E-state index contributed by atoms with van der Waals surface area (Å²) in [6.45, 7) is 2.68. The Bertz CT molecular complexity index is 1430. The Morgan fingerprint density at radius 1 is 1.08 bits per heavy atom.